The molecular weight excluding hydrogens is 384 g/mol. The Kier molecular flexibility index (Phi) is 4.54. The lowest BCUT2D eigenvalue weighted by molar-refractivity contribution is 0.0506. The number of carbonyl (C=O) groups is 2. The minimum absolute atomic E-state index is 0.0757. The maximum Gasteiger partial charge on any atom is 0.513 e. The second kappa shape index (κ2) is 7.08. The van der Waals surface area contributed by atoms with Crippen LogP contribution in [-0.4, -0.2) is 27.4 Å². The van der Waals surface area contributed by atoms with E-state index < -0.39 is 17.9 Å². The van der Waals surface area contributed by atoms with Crippen molar-refractivity contribution in [1.29, 1.82) is 0 Å². The molecule has 4 rings (SSSR count). The van der Waals surface area contributed by atoms with Crippen molar-refractivity contribution in [2.24, 2.45) is 0 Å². The van der Waals surface area contributed by atoms with Gasteiger partial charge >= 0.3 is 12.1 Å². The number of hydrogen-bond acceptors (Lipinski definition) is 5. The lowest BCUT2D eigenvalue weighted by Crippen LogP contribution is -2.13. The number of benzene rings is 4. The molecule has 3 N–H and O–H groups in total. The summed E-state index contributed by atoms with van der Waals surface area (Å²) in [7, 11) is 0. The summed E-state index contributed by atoms with van der Waals surface area (Å²) in [6.45, 7) is 3.48. The summed E-state index contributed by atoms with van der Waals surface area (Å²) >= 11 is 0. The van der Waals surface area contributed by atoms with Crippen molar-refractivity contribution in [1.82, 2.24) is 0 Å². The Bertz CT molecular complexity index is 1350. The third-order valence-electron chi connectivity index (χ3n) is 5.31. The van der Waals surface area contributed by atoms with E-state index >= 15 is 0 Å². The molecule has 0 aliphatic heterocycles. The Labute approximate surface area is 171 Å². The first-order valence-electron chi connectivity index (χ1n) is 9.22. The Balaban J connectivity index is 2.22. The van der Waals surface area contributed by atoms with E-state index in [1.54, 1.807) is 25.1 Å². The van der Waals surface area contributed by atoms with Gasteiger partial charge in [-0.3, -0.25) is 0 Å². The number of carboxylic acid groups (broad SMARTS) is 1. The fraction of sp³-hybridized carbons (Fsp3) is 0.0833. The van der Waals surface area contributed by atoms with Gasteiger partial charge in [-0.05, 0) is 52.6 Å². The zero-order valence-electron chi connectivity index (χ0n) is 16.3. The normalized spacial score (nSPS) is 11.0. The monoisotopic (exact) mass is 402 g/mol. The summed E-state index contributed by atoms with van der Waals surface area (Å²) in [6.07, 6.45) is -1.77. The van der Waals surface area contributed by atoms with E-state index in [9.17, 15) is 19.8 Å². The molecule has 0 aliphatic rings. The zero-order valence-corrected chi connectivity index (χ0v) is 16.3. The van der Waals surface area contributed by atoms with Crippen LogP contribution < -0.4 is 0 Å². The molecule has 0 radical (unpaired) electrons. The largest absolute Gasteiger partial charge is 0.513 e. The number of hydrogen-bond donors (Lipinski definition) is 3. The molecule has 0 spiro atoms. The second-order valence-corrected chi connectivity index (χ2v) is 7.06. The molecule has 0 saturated heterocycles. The Morgan fingerprint density at radius 3 is 2.27 bits per heavy atom. The maximum absolute atomic E-state index is 12.6. The standard InChI is InChI=1S/C24H18O6/c1-12-6-5-9-16-18(12)13(2)19(23(27)30-24(28)29)22(26)21(16)20-15-8-4-3-7-14(15)10-11-17(20)25/h3-11,25-26H,1-2H3,(H,28,29). The number of esters is 1. The van der Waals surface area contributed by atoms with Gasteiger partial charge in [0, 0.05) is 11.1 Å². The first-order valence-corrected chi connectivity index (χ1v) is 9.22. The van der Waals surface area contributed by atoms with E-state index in [-0.39, 0.29) is 16.9 Å². The van der Waals surface area contributed by atoms with Crippen LogP contribution in [-0.2, 0) is 4.74 Å². The van der Waals surface area contributed by atoms with Crippen molar-refractivity contribution in [3.05, 3.63) is 71.3 Å². The van der Waals surface area contributed by atoms with Gasteiger partial charge in [-0.1, -0.05) is 48.5 Å². The van der Waals surface area contributed by atoms with Gasteiger partial charge in [0.2, 0.25) is 0 Å². The minimum Gasteiger partial charge on any atom is -0.507 e. The average Bonchev–Trinajstić information content (AvgIpc) is 2.69. The Morgan fingerprint density at radius 1 is 0.833 bits per heavy atom. The number of phenolic OH excluding ortho intramolecular Hbond substituents is 2. The van der Waals surface area contributed by atoms with Gasteiger partial charge in [0.15, 0.2) is 0 Å². The van der Waals surface area contributed by atoms with E-state index in [0.29, 0.717) is 27.3 Å². The summed E-state index contributed by atoms with van der Waals surface area (Å²) in [5.41, 5.74) is 1.57. The van der Waals surface area contributed by atoms with Crippen molar-refractivity contribution >= 4 is 33.7 Å². The molecule has 4 aromatic carbocycles. The fourth-order valence-corrected chi connectivity index (χ4v) is 4.08. The number of phenols is 2. The maximum atomic E-state index is 12.6. The molecule has 0 unspecified atom stereocenters. The van der Waals surface area contributed by atoms with Crippen LogP contribution in [0, 0.1) is 13.8 Å². The quantitative estimate of drug-likeness (QED) is 0.301. The summed E-state index contributed by atoms with van der Waals surface area (Å²) in [5.74, 6) is -1.69. The van der Waals surface area contributed by atoms with E-state index in [1.165, 1.54) is 6.07 Å². The third-order valence-corrected chi connectivity index (χ3v) is 5.31. The molecule has 0 heterocycles. The van der Waals surface area contributed by atoms with Gasteiger partial charge in [-0.15, -0.1) is 0 Å². The van der Waals surface area contributed by atoms with Crippen LogP contribution in [0.1, 0.15) is 21.5 Å². The van der Waals surface area contributed by atoms with Gasteiger partial charge in [0.05, 0.1) is 0 Å². The molecule has 0 bridgehead atoms. The van der Waals surface area contributed by atoms with Crippen molar-refractivity contribution in [2.45, 2.75) is 13.8 Å². The number of fused-ring (bicyclic) bond motifs is 2. The second-order valence-electron chi connectivity index (χ2n) is 7.06. The zero-order chi connectivity index (χ0) is 21.6. The van der Waals surface area contributed by atoms with Crippen molar-refractivity contribution in [3.8, 4) is 22.6 Å². The highest BCUT2D eigenvalue weighted by Crippen LogP contribution is 2.48. The first-order chi connectivity index (χ1) is 14.3. The average molecular weight is 402 g/mol. The first kappa shape index (κ1) is 19.3. The van der Waals surface area contributed by atoms with Gasteiger partial charge in [0.25, 0.3) is 0 Å². The van der Waals surface area contributed by atoms with Gasteiger partial charge in [-0.25, -0.2) is 9.59 Å². The molecule has 150 valence electrons. The van der Waals surface area contributed by atoms with E-state index in [1.807, 2.05) is 37.3 Å². The van der Waals surface area contributed by atoms with E-state index in [2.05, 4.69) is 4.74 Å². The summed E-state index contributed by atoms with van der Waals surface area (Å²) in [5, 5.41) is 33.6. The predicted octanol–water partition coefficient (Wildman–Crippen LogP) is 5.52. The molecule has 0 atom stereocenters. The highest BCUT2D eigenvalue weighted by atomic mass is 16.7. The molecule has 0 aromatic heterocycles. The molecular formula is C24H18O6. The molecule has 0 amide bonds. The minimum atomic E-state index is -1.77. The molecule has 6 heteroatoms. The van der Waals surface area contributed by atoms with Crippen molar-refractivity contribution in [3.63, 3.8) is 0 Å². The smallest absolute Gasteiger partial charge is 0.507 e. The highest BCUT2D eigenvalue weighted by molar-refractivity contribution is 6.15. The molecule has 30 heavy (non-hydrogen) atoms. The summed E-state index contributed by atoms with van der Waals surface area (Å²) < 4.78 is 4.35. The van der Waals surface area contributed by atoms with Crippen LogP contribution in [0.5, 0.6) is 11.5 Å². The molecule has 6 nitrogen and oxygen atoms in total. The summed E-state index contributed by atoms with van der Waals surface area (Å²) in [4.78, 5) is 23.5. The van der Waals surface area contributed by atoms with Crippen LogP contribution >= 0.6 is 0 Å². The van der Waals surface area contributed by atoms with Gasteiger partial charge < -0.3 is 20.1 Å². The topological polar surface area (TPSA) is 104 Å². The van der Waals surface area contributed by atoms with Crippen LogP contribution in [0.2, 0.25) is 0 Å². The fourth-order valence-electron chi connectivity index (χ4n) is 4.08. The predicted molar refractivity (Wildman–Crippen MR) is 113 cm³/mol. The number of rotatable bonds is 2. The van der Waals surface area contributed by atoms with Crippen LogP contribution in [0.15, 0.2) is 54.6 Å². The number of aryl methyl sites for hydroxylation is 2. The van der Waals surface area contributed by atoms with Crippen molar-refractivity contribution < 1.29 is 29.6 Å². The highest BCUT2D eigenvalue weighted by Gasteiger charge is 2.27. The molecule has 4 aromatic rings. The van der Waals surface area contributed by atoms with Gasteiger partial charge in [-0.2, -0.15) is 0 Å². The van der Waals surface area contributed by atoms with Crippen LogP contribution in [0.25, 0.3) is 32.7 Å². The lowest BCUT2D eigenvalue weighted by atomic mass is 9.86. The van der Waals surface area contributed by atoms with Crippen molar-refractivity contribution in [2.75, 3.05) is 0 Å². The van der Waals surface area contributed by atoms with E-state index in [4.69, 9.17) is 5.11 Å². The SMILES string of the molecule is Cc1cccc2c(-c3c(O)ccc4ccccc34)c(O)c(C(=O)OC(=O)O)c(C)c12. The number of aromatic hydroxyl groups is 2. The summed E-state index contributed by atoms with van der Waals surface area (Å²) in [6, 6.07) is 16.1. The Hall–Kier alpha value is -4.06. The van der Waals surface area contributed by atoms with Gasteiger partial charge in [0.1, 0.15) is 17.1 Å². The molecule has 0 aliphatic carbocycles. The number of ether oxygens (including phenoxy) is 1. The lowest BCUT2D eigenvalue weighted by Gasteiger charge is -2.19. The molecule has 0 saturated carbocycles. The molecule has 0 fully saturated rings. The third kappa shape index (κ3) is 2.90. The number of carbonyl (C=O) groups excluding carboxylic acids is 1. The van der Waals surface area contributed by atoms with Crippen LogP contribution in [0.4, 0.5) is 4.79 Å². The Morgan fingerprint density at radius 2 is 1.53 bits per heavy atom. The van der Waals surface area contributed by atoms with Crippen LogP contribution in [0.3, 0.4) is 0 Å². The van der Waals surface area contributed by atoms with E-state index in [0.717, 1.165) is 10.9 Å².